The lowest BCUT2D eigenvalue weighted by Crippen LogP contribution is -2.12. The van der Waals surface area contributed by atoms with Gasteiger partial charge in [0.05, 0.1) is 5.02 Å². The van der Waals surface area contributed by atoms with Crippen LogP contribution in [0.5, 0.6) is 5.75 Å². The van der Waals surface area contributed by atoms with Gasteiger partial charge in [-0.25, -0.2) is 0 Å². The minimum Gasteiger partial charge on any atom is -0.487 e. The minimum atomic E-state index is 0. The van der Waals surface area contributed by atoms with Crippen molar-refractivity contribution in [3.63, 3.8) is 0 Å². The first-order chi connectivity index (χ1) is 9.79. The lowest BCUT2D eigenvalue weighted by molar-refractivity contribution is 0.306. The molecule has 2 aromatic rings. The van der Waals surface area contributed by atoms with Crippen LogP contribution in [0, 0.1) is 0 Å². The van der Waals surface area contributed by atoms with Gasteiger partial charge in [0.1, 0.15) is 12.4 Å². The molecule has 112 valence electrons. The fraction of sp³-hybridized carbons (Fsp3) is 0.176. The van der Waals surface area contributed by atoms with E-state index in [2.05, 4.69) is 11.9 Å². The highest BCUT2D eigenvalue weighted by atomic mass is 35.5. The van der Waals surface area contributed by atoms with Crippen LogP contribution >= 0.6 is 24.0 Å². The molecule has 2 aromatic carbocycles. The van der Waals surface area contributed by atoms with E-state index >= 15 is 0 Å². The summed E-state index contributed by atoms with van der Waals surface area (Å²) in [6.45, 7) is 5.74. The number of hydrogen-bond donors (Lipinski definition) is 1. The van der Waals surface area contributed by atoms with Crippen LogP contribution in [-0.4, -0.2) is 6.54 Å². The van der Waals surface area contributed by atoms with Gasteiger partial charge in [-0.2, -0.15) is 0 Å². The van der Waals surface area contributed by atoms with E-state index in [9.17, 15) is 0 Å². The smallest absolute Gasteiger partial charge is 0.138 e. The predicted octanol–water partition coefficient (Wildman–Crippen LogP) is 4.62. The molecule has 0 saturated carbocycles. The van der Waals surface area contributed by atoms with Crippen molar-refractivity contribution < 1.29 is 4.74 Å². The molecule has 0 radical (unpaired) electrons. The molecule has 0 unspecified atom stereocenters. The maximum atomic E-state index is 6.24. The maximum absolute atomic E-state index is 6.24. The van der Waals surface area contributed by atoms with E-state index in [1.54, 1.807) is 0 Å². The lowest BCUT2D eigenvalue weighted by Gasteiger charge is -2.10. The van der Waals surface area contributed by atoms with Crippen LogP contribution < -0.4 is 10.1 Å². The summed E-state index contributed by atoms with van der Waals surface area (Å²) in [4.78, 5) is 0. The molecule has 1 N–H and O–H groups in total. The number of nitrogens with one attached hydrogen (secondary N) is 1. The van der Waals surface area contributed by atoms with Crippen LogP contribution in [0.15, 0.2) is 61.2 Å². The van der Waals surface area contributed by atoms with Crippen molar-refractivity contribution in [2.75, 3.05) is 6.54 Å². The van der Waals surface area contributed by atoms with E-state index in [0.717, 1.165) is 24.2 Å². The number of halogens is 2. The Labute approximate surface area is 137 Å². The number of ether oxygens (including phenoxy) is 1. The van der Waals surface area contributed by atoms with Crippen molar-refractivity contribution in [1.82, 2.24) is 5.32 Å². The summed E-state index contributed by atoms with van der Waals surface area (Å²) in [5, 5.41) is 3.88. The number of benzene rings is 2. The Kier molecular flexibility index (Phi) is 7.91. The van der Waals surface area contributed by atoms with E-state index in [1.807, 2.05) is 54.6 Å². The monoisotopic (exact) mass is 323 g/mol. The Morgan fingerprint density at radius 3 is 2.52 bits per heavy atom. The first-order valence-electron chi connectivity index (χ1n) is 6.56. The van der Waals surface area contributed by atoms with Crippen LogP contribution in [0.3, 0.4) is 0 Å². The predicted molar refractivity (Wildman–Crippen MR) is 91.4 cm³/mol. The van der Waals surface area contributed by atoms with Gasteiger partial charge in [-0.3, -0.25) is 0 Å². The van der Waals surface area contributed by atoms with Gasteiger partial charge < -0.3 is 10.1 Å². The molecular formula is C17H19Cl2NO. The first-order valence-corrected chi connectivity index (χ1v) is 6.94. The Balaban J connectivity index is 0.00000220. The topological polar surface area (TPSA) is 21.3 Å². The zero-order valence-corrected chi connectivity index (χ0v) is 13.3. The molecule has 0 aliphatic heterocycles. The summed E-state index contributed by atoms with van der Waals surface area (Å²) >= 11 is 6.24. The second-order valence-corrected chi connectivity index (χ2v) is 4.87. The normalized spacial score (nSPS) is 9.76. The largest absolute Gasteiger partial charge is 0.487 e. The van der Waals surface area contributed by atoms with Gasteiger partial charge in [0, 0.05) is 13.1 Å². The Hall–Kier alpha value is -1.48. The average Bonchev–Trinajstić information content (AvgIpc) is 2.48. The summed E-state index contributed by atoms with van der Waals surface area (Å²) < 4.78 is 5.73. The molecule has 2 rings (SSSR count). The maximum Gasteiger partial charge on any atom is 0.138 e. The zero-order chi connectivity index (χ0) is 14.2. The van der Waals surface area contributed by atoms with Crippen molar-refractivity contribution in [2.24, 2.45) is 0 Å². The van der Waals surface area contributed by atoms with Crippen LogP contribution in [0.2, 0.25) is 5.02 Å². The van der Waals surface area contributed by atoms with E-state index in [1.165, 1.54) is 0 Å². The van der Waals surface area contributed by atoms with Crippen molar-refractivity contribution in [3.05, 3.63) is 77.3 Å². The minimum absolute atomic E-state index is 0. The molecular weight excluding hydrogens is 305 g/mol. The summed E-state index contributed by atoms with van der Waals surface area (Å²) in [5.74, 6) is 0.711. The van der Waals surface area contributed by atoms with E-state index in [0.29, 0.717) is 17.4 Å². The summed E-state index contributed by atoms with van der Waals surface area (Å²) in [6.07, 6.45) is 1.83. The van der Waals surface area contributed by atoms with Gasteiger partial charge in [0.2, 0.25) is 0 Å². The van der Waals surface area contributed by atoms with Gasteiger partial charge in [-0.15, -0.1) is 19.0 Å². The molecule has 0 atom stereocenters. The van der Waals surface area contributed by atoms with Crippen molar-refractivity contribution in [1.29, 1.82) is 0 Å². The molecule has 0 bridgehead atoms. The van der Waals surface area contributed by atoms with Crippen LogP contribution in [0.1, 0.15) is 11.1 Å². The quantitative estimate of drug-likeness (QED) is 0.593. The number of rotatable bonds is 7. The van der Waals surface area contributed by atoms with Gasteiger partial charge in [0.25, 0.3) is 0 Å². The molecule has 0 heterocycles. The summed E-state index contributed by atoms with van der Waals surface area (Å²) in [5.41, 5.74) is 2.25. The molecule has 21 heavy (non-hydrogen) atoms. The zero-order valence-electron chi connectivity index (χ0n) is 11.7. The SMILES string of the molecule is C=CCNCc1ccc(OCc2ccccc2)c(Cl)c1.Cl. The average molecular weight is 324 g/mol. The first kappa shape index (κ1) is 17.6. The fourth-order valence-corrected chi connectivity index (χ4v) is 2.08. The lowest BCUT2D eigenvalue weighted by atomic mass is 10.2. The molecule has 0 amide bonds. The van der Waals surface area contributed by atoms with Gasteiger partial charge >= 0.3 is 0 Å². The second-order valence-electron chi connectivity index (χ2n) is 4.46. The molecule has 0 saturated heterocycles. The second kappa shape index (κ2) is 9.46. The van der Waals surface area contributed by atoms with Crippen LogP contribution in [0.25, 0.3) is 0 Å². The Morgan fingerprint density at radius 1 is 1.10 bits per heavy atom. The van der Waals surface area contributed by atoms with Gasteiger partial charge in [0.15, 0.2) is 0 Å². The standard InChI is InChI=1S/C17H18ClNO.ClH/c1-2-10-19-12-15-8-9-17(16(18)11-15)20-13-14-6-4-3-5-7-14;/h2-9,11,19H,1,10,12-13H2;1H. The highest BCUT2D eigenvalue weighted by Crippen LogP contribution is 2.26. The highest BCUT2D eigenvalue weighted by Gasteiger charge is 2.03. The van der Waals surface area contributed by atoms with Crippen LogP contribution in [-0.2, 0) is 13.2 Å². The van der Waals surface area contributed by atoms with E-state index in [-0.39, 0.29) is 12.4 Å². The fourth-order valence-electron chi connectivity index (χ4n) is 1.83. The van der Waals surface area contributed by atoms with E-state index < -0.39 is 0 Å². The molecule has 4 heteroatoms. The third kappa shape index (κ3) is 5.80. The molecule has 0 aliphatic rings. The third-order valence-electron chi connectivity index (χ3n) is 2.85. The summed E-state index contributed by atoms with van der Waals surface area (Å²) in [6, 6.07) is 15.9. The summed E-state index contributed by atoms with van der Waals surface area (Å²) in [7, 11) is 0. The van der Waals surface area contributed by atoms with E-state index in [4.69, 9.17) is 16.3 Å². The van der Waals surface area contributed by atoms with Crippen molar-refractivity contribution in [2.45, 2.75) is 13.2 Å². The molecule has 0 aliphatic carbocycles. The molecule has 0 fully saturated rings. The van der Waals surface area contributed by atoms with Crippen LogP contribution in [0.4, 0.5) is 0 Å². The van der Waals surface area contributed by atoms with Crippen molar-refractivity contribution in [3.8, 4) is 5.75 Å². The third-order valence-corrected chi connectivity index (χ3v) is 3.15. The molecule has 0 aromatic heterocycles. The highest BCUT2D eigenvalue weighted by molar-refractivity contribution is 6.32. The number of hydrogen-bond acceptors (Lipinski definition) is 2. The molecule has 0 spiro atoms. The van der Waals surface area contributed by atoms with Gasteiger partial charge in [-0.1, -0.05) is 54.1 Å². The van der Waals surface area contributed by atoms with Gasteiger partial charge in [-0.05, 0) is 23.3 Å². The Morgan fingerprint density at radius 2 is 1.86 bits per heavy atom. The Bertz CT molecular complexity index is 558. The van der Waals surface area contributed by atoms with Crippen molar-refractivity contribution >= 4 is 24.0 Å². The molecule has 2 nitrogen and oxygen atoms in total.